The van der Waals surface area contributed by atoms with E-state index in [0.29, 0.717) is 11.4 Å². The molecule has 1 aliphatic heterocycles. The molecule has 1 atom stereocenters. The molecule has 2 heterocycles. The first-order valence-corrected chi connectivity index (χ1v) is 13.8. The van der Waals surface area contributed by atoms with Crippen molar-refractivity contribution in [1.29, 1.82) is 0 Å². The first kappa shape index (κ1) is 28.7. The van der Waals surface area contributed by atoms with E-state index >= 15 is 0 Å². The highest BCUT2D eigenvalue weighted by Crippen LogP contribution is 2.29. The fraction of sp³-hybridized carbons (Fsp3) is 0.333. The highest BCUT2D eigenvalue weighted by molar-refractivity contribution is 7.85. The molecule has 0 unspecified atom stereocenters. The van der Waals surface area contributed by atoms with Crippen molar-refractivity contribution < 1.29 is 27.6 Å². The van der Waals surface area contributed by atoms with Crippen LogP contribution in [0.1, 0.15) is 43.0 Å². The van der Waals surface area contributed by atoms with Gasteiger partial charge in [0.05, 0.1) is 16.7 Å². The van der Waals surface area contributed by atoms with Crippen molar-refractivity contribution in [2.24, 2.45) is 0 Å². The van der Waals surface area contributed by atoms with Gasteiger partial charge in [-0.1, -0.05) is 48.0 Å². The lowest BCUT2D eigenvalue weighted by molar-refractivity contribution is -0.137. The predicted molar refractivity (Wildman–Crippen MR) is 141 cm³/mol. The van der Waals surface area contributed by atoms with Crippen LogP contribution in [-0.4, -0.2) is 59.7 Å². The Bertz CT molecular complexity index is 1200. The summed E-state index contributed by atoms with van der Waals surface area (Å²) < 4.78 is 35.7. The molecule has 0 aliphatic carbocycles. The summed E-state index contributed by atoms with van der Waals surface area (Å²) in [6.07, 6.45) is 4.52. The van der Waals surface area contributed by atoms with Crippen molar-refractivity contribution in [2.45, 2.75) is 42.8 Å². The zero-order valence-corrected chi connectivity index (χ0v) is 21.9. The van der Waals surface area contributed by atoms with Gasteiger partial charge in [0.1, 0.15) is 6.10 Å². The number of carbonyl (C=O) groups is 1. The van der Waals surface area contributed by atoms with Crippen LogP contribution in [0.5, 0.6) is 0 Å². The number of halogens is 1. The number of nitrogens with zero attached hydrogens (tertiary/aromatic N) is 2. The van der Waals surface area contributed by atoms with Gasteiger partial charge in [-0.15, -0.1) is 0 Å². The van der Waals surface area contributed by atoms with E-state index in [1.165, 1.54) is 12.1 Å². The molecule has 1 aliphatic rings. The van der Waals surface area contributed by atoms with E-state index in [1.807, 2.05) is 42.5 Å². The Morgan fingerprint density at radius 2 is 1.68 bits per heavy atom. The third-order valence-electron chi connectivity index (χ3n) is 5.90. The Labute approximate surface area is 222 Å². The van der Waals surface area contributed by atoms with Crippen LogP contribution in [0.25, 0.3) is 0 Å². The van der Waals surface area contributed by atoms with Gasteiger partial charge < -0.3 is 14.7 Å². The first-order chi connectivity index (χ1) is 17.7. The molecule has 37 heavy (non-hydrogen) atoms. The Hall–Kier alpha value is -2.82. The molecule has 198 valence electrons. The van der Waals surface area contributed by atoms with Crippen molar-refractivity contribution >= 4 is 27.7 Å². The number of hydrogen-bond donors (Lipinski definition) is 2. The van der Waals surface area contributed by atoms with Crippen LogP contribution < -0.4 is 0 Å². The molecular weight excluding hydrogens is 516 g/mol. The second-order valence-electron chi connectivity index (χ2n) is 8.65. The lowest BCUT2D eigenvalue weighted by Crippen LogP contribution is -2.38. The van der Waals surface area contributed by atoms with Crippen LogP contribution >= 0.6 is 11.6 Å². The van der Waals surface area contributed by atoms with Crippen LogP contribution in [0.15, 0.2) is 83.9 Å². The maximum absolute atomic E-state index is 10.7. The van der Waals surface area contributed by atoms with Crippen LogP contribution in [0.2, 0.25) is 5.02 Å². The largest absolute Gasteiger partial charge is 0.481 e. The average molecular weight is 547 g/mol. The van der Waals surface area contributed by atoms with Crippen LogP contribution in [0, 0.1) is 0 Å². The van der Waals surface area contributed by atoms with Crippen molar-refractivity contribution in [2.75, 3.05) is 19.6 Å². The molecule has 0 saturated carbocycles. The molecule has 1 aromatic heterocycles. The third kappa shape index (κ3) is 9.87. The molecule has 1 saturated heterocycles. The standard InChI is InChI=1S/C21H25ClN2O3.C6H6O3S/c22-17-8-6-16(7-9-17)21(19-4-1-2-12-23-19)27-18-10-14-24(15-11-18)13-3-5-20(25)26;7-10(8,9)6-4-2-1-3-5-6/h1-2,4,6-9,12,18,21H,3,5,10-11,13-15H2,(H,25,26);1-5H,(H,7,8,9)/t21-;/m1./s1. The fourth-order valence-electron chi connectivity index (χ4n) is 4.00. The van der Waals surface area contributed by atoms with E-state index in [9.17, 15) is 13.2 Å². The summed E-state index contributed by atoms with van der Waals surface area (Å²) in [5.74, 6) is -0.727. The summed E-state index contributed by atoms with van der Waals surface area (Å²) >= 11 is 6.03. The number of benzene rings is 2. The highest BCUT2D eigenvalue weighted by Gasteiger charge is 2.25. The maximum atomic E-state index is 10.7. The van der Waals surface area contributed by atoms with Gasteiger partial charge in [-0.2, -0.15) is 8.42 Å². The van der Waals surface area contributed by atoms with Gasteiger partial charge in [0.15, 0.2) is 0 Å². The van der Waals surface area contributed by atoms with Crippen LogP contribution in [-0.2, 0) is 19.6 Å². The average Bonchev–Trinajstić information content (AvgIpc) is 2.89. The summed E-state index contributed by atoms with van der Waals surface area (Å²) in [5.41, 5.74) is 1.94. The topological polar surface area (TPSA) is 117 Å². The Kier molecular flexibility index (Phi) is 11.0. The van der Waals surface area contributed by atoms with Crippen molar-refractivity contribution in [3.8, 4) is 0 Å². The van der Waals surface area contributed by atoms with Gasteiger partial charge in [-0.3, -0.25) is 14.3 Å². The molecule has 10 heteroatoms. The lowest BCUT2D eigenvalue weighted by atomic mass is 10.0. The van der Waals surface area contributed by atoms with E-state index in [0.717, 1.165) is 43.7 Å². The molecule has 2 N–H and O–H groups in total. The second kappa shape index (κ2) is 14.2. The minimum Gasteiger partial charge on any atom is -0.481 e. The fourth-order valence-corrected chi connectivity index (χ4v) is 4.62. The third-order valence-corrected chi connectivity index (χ3v) is 7.02. The molecular formula is C27H31ClN2O6S. The number of hydrogen-bond acceptors (Lipinski definition) is 6. The van der Waals surface area contributed by atoms with Gasteiger partial charge in [0.2, 0.25) is 0 Å². The number of rotatable bonds is 9. The number of aromatic nitrogens is 1. The summed E-state index contributed by atoms with van der Waals surface area (Å²) in [6.45, 7) is 2.69. The Morgan fingerprint density at radius 1 is 1.03 bits per heavy atom. The van der Waals surface area contributed by atoms with Gasteiger partial charge in [-0.05, 0) is 67.8 Å². The van der Waals surface area contributed by atoms with E-state index in [-0.39, 0.29) is 23.5 Å². The molecule has 2 aromatic carbocycles. The number of ether oxygens (including phenoxy) is 1. The molecule has 0 radical (unpaired) electrons. The SMILES string of the molecule is O=C(O)CCCN1CCC(O[C@H](c2ccc(Cl)cc2)c2ccccn2)CC1.O=S(=O)(O)c1ccccc1. The normalized spacial score (nSPS) is 15.4. The lowest BCUT2D eigenvalue weighted by Gasteiger charge is -2.34. The Balaban J connectivity index is 0.000000319. The molecule has 4 rings (SSSR count). The summed E-state index contributed by atoms with van der Waals surface area (Å²) in [5, 5.41) is 9.47. The zero-order valence-electron chi connectivity index (χ0n) is 20.3. The van der Waals surface area contributed by atoms with Crippen LogP contribution in [0.4, 0.5) is 0 Å². The quantitative estimate of drug-likeness (QED) is 0.356. The van der Waals surface area contributed by atoms with E-state index in [2.05, 4.69) is 9.88 Å². The maximum Gasteiger partial charge on any atom is 0.303 e. The monoisotopic (exact) mass is 546 g/mol. The number of piperidine rings is 1. The predicted octanol–water partition coefficient (Wildman–Crippen LogP) is 5.10. The number of carboxylic acid groups (broad SMARTS) is 1. The second-order valence-corrected chi connectivity index (χ2v) is 10.5. The summed E-state index contributed by atoms with van der Waals surface area (Å²) in [4.78, 5) is 17.4. The van der Waals surface area contributed by atoms with E-state index < -0.39 is 16.1 Å². The van der Waals surface area contributed by atoms with Gasteiger partial charge in [0, 0.05) is 30.7 Å². The van der Waals surface area contributed by atoms with Gasteiger partial charge in [-0.25, -0.2) is 0 Å². The zero-order chi connectivity index (χ0) is 26.7. The highest BCUT2D eigenvalue weighted by atomic mass is 35.5. The summed E-state index contributed by atoms with van der Waals surface area (Å²) in [7, 11) is -4.00. The van der Waals surface area contributed by atoms with Crippen LogP contribution in [0.3, 0.4) is 0 Å². The minimum atomic E-state index is -4.00. The smallest absolute Gasteiger partial charge is 0.303 e. The first-order valence-electron chi connectivity index (χ1n) is 12.0. The minimum absolute atomic E-state index is 0.0741. The molecule has 0 amide bonds. The van der Waals surface area contributed by atoms with Gasteiger partial charge >= 0.3 is 5.97 Å². The summed E-state index contributed by atoms with van der Waals surface area (Å²) in [6, 6.07) is 21.0. The number of aliphatic carboxylic acids is 1. The molecule has 0 bridgehead atoms. The van der Waals surface area contributed by atoms with E-state index in [1.54, 1.807) is 24.4 Å². The van der Waals surface area contributed by atoms with Crippen molar-refractivity contribution in [3.63, 3.8) is 0 Å². The van der Waals surface area contributed by atoms with E-state index in [4.69, 9.17) is 26.0 Å². The number of carboxylic acids is 1. The molecule has 1 fully saturated rings. The molecule has 0 spiro atoms. The van der Waals surface area contributed by atoms with Crippen molar-refractivity contribution in [1.82, 2.24) is 9.88 Å². The van der Waals surface area contributed by atoms with Crippen molar-refractivity contribution in [3.05, 3.63) is 95.3 Å². The van der Waals surface area contributed by atoms with Gasteiger partial charge in [0.25, 0.3) is 10.1 Å². The number of likely N-dealkylation sites (tertiary alicyclic amines) is 1. The Morgan fingerprint density at radius 3 is 2.22 bits per heavy atom. The molecule has 3 aromatic rings. The number of pyridine rings is 1. The molecule has 8 nitrogen and oxygen atoms in total.